The Morgan fingerprint density at radius 3 is 3.20 bits per heavy atom. The molecule has 1 unspecified atom stereocenters. The van der Waals surface area contributed by atoms with Gasteiger partial charge in [-0.25, -0.2) is 0 Å². The topological polar surface area (TPSA) is 24.7 Å². The van der Waals surface area contributed by atoms with Crippen molar-refractivity contribution in [1.82, 2.24) is 0 Å². The maximum Gasteiger partial charge on any atom is 0.123 e. The largest absolute Gasteiger partial charge is 0.281 e. The highest BCUT2D eigenvalue weighted by atomic mass is 32.2. The highest BCUT2D eigenvalue weighted by Crippen LogP contribution is 2.25. The lowest BCUT2D eigenvalue weighted by Crippen LogP contribution is -2.12. The molecule has 53 valence electrons. The van der Waals surface area contributed by atoms with E-state index in [4.69, 9.17) is 0 Å². The van der Waals surface area contributed by atoms with Gasteiger partial charge in [-0.2, -0.15) is 0 Å². The van der Waals surface area contributed by atoms with Gasteiger partial charge in [0.05, 0.1) is 16.8 Å². The molecule has 2 rings (SSSR count). The summed E-state index contributed by atoms with van der Waals surface area (Å²) in [6.45, 7) is 1.88. The van der Waals surface area contributed by atoms with E-state index in [1.54, 1.807) is 11.8 Å². The Balaban J connectivity index is 1.99. The summed E-state index contributed by atoms with van der Waals surface area (Å²) in [5, 5.41) is 1.78. The molecule has 1 radical (unpaired) electrons. The van der Waals surface area contributed by atoms with Crippen molar-refractivity contribution in [3.05, 3.63) is 0 Å². The van der Waals surface area contributed by atoms with Crippen molar-refractivity contribution in [1.29, 1.82) is 0 Å². The maximum absolute atomic E-state index is 4.38. The van der Waals surface area contributed by atoms with Crippen LogP contribution in [-0.4, -0.2) is 34.7 Å². The lowest BCUT2D eigenvalue weighted by molar-refractivity contribution is 1.08. The highest BCUT2D eigenvalue weighted by molar-refractivity contribution is 8.19. The maximum atomic E-state index is 4.38. The number of hydrogen-bond acceptors (Lipinski definition) is 4. The molecule has 2 aliphatic heterocycles. The third-order valence-electron chi connectivity index (χ3n) is 1.40. The Hall–Kier alpha value is 0.0400. The van der Waals surface area contributed by atoms with Gasteiger partial charge >= 0.3 is 0 Å². The fourth-order valence-corrected chi connectivity index (χ4v) is 2.72. The van der Waals surface area contributed by atoms with E-state index in [1.807, 2.05) is 11.8 Å². The van der Waals surface area contributed by atoms with Gasteiger partial charge in [-0.15, -0.1) is 11.8 Å². The molecule has 0 saturated carbocycles. The third kappa shape index (κ3) is 1.22. The van der Waals surface area contributed by atoms with Gasteiger partial charge in [-0.1, -0.05) is 11.8 Å². The monoisotopic (exact) mass is 171 g/mol. The first-order chi connectivity index (χ1) is 4.97. The van der Waals surface area contributed by atoms with Crippen molar-refractivity contribution < 1.29 is 0 Å². The lowest BCUT2D eigenvalue weighted by atomic mass is 10.4. The zero-order valence-electron chi connectivity index (χ0n) is 5.41. The van der Waals surface area contributed by atoms with Crippen LogP contribution in [0.2, 0.25) is 0 Å². The molecule has 0 saturated heterocycles. The van der Waals surface area contributed by atoms with Crippen LogP contribution in [0.5, 0.6) is 0 Å². The predicted molar refractivity (Wildman–Crippen MR) is 48.4 cm³/mol. The van der Waals surface area contributed by atoms with Gasteiger partial charge in [0.1, 0.15) is 5.55 Å². The van der Waals surface area contributed by atoms with Crippen molar-refractivity contribution in [3.8, 4) is 0 Å². The molecule has 0 aromatic rings. The zero-order valence-corrected chi connectivity index (χ0v) is 7.04. The van der Waals surface area contributed by atoms with Crippen LogP contribution >= 0.6 is 23.5 Å². The van der Waals surface area contributed by atoms with Gasteiger partial charge in [0.2, 0.25) is 0 Å². The van der Waals surface area contributed by atoms with E-state index in [2.05, 4.69) is 15.5 Å². The lowest BCUT2D eigenvalue weighted by Gasteiger charge is -2.03. The summed E-state index contributed by atoms with van der Waals surface area (Å²) >= 11 is 3.54. The van der Waals surface area contributed by atoms with Crippen LogP contribution in [0.3, 0.4) is 0 Å². The quantitative estimate of drug-likeness (QED) is 0.591. The molecule has 0 aromatic carbocycles. The Morgan fingerprint density at radius 1 is 1.60 bits per heavy atom. The predicted octanol–water partition coefficient (Wildman–Crippen LogP) is 1.15. The zero-order chi connectivity index (χ0) is 6.81. The van der Waals surface area contributed by atoms with Crippen LogP contribution in [0.15, 0.2) is 9.98 Å². The number of rotatable bonds is 1. The summed E-state index contributed by atoms with van der Waals surface area (Å²) in [7, 11) is 0. The van der Waals surface area contributed by atoms with Crippen molar-refractivity contribution in [3.63, 3.8) is 0 Å². The SMILES string of the molecule is [C]1=NCC(C2=NCCS2)S1. The van der Waals surface area contributed by atoms with E-state index in [1.165, 1.54) is 5.04 Å². The van der Waals surface area contributed by atoms with Crippen molar-refractivity contribution in [2.24, 2.45) is 9.98 Å². The van der Waals surface area contributed by atoms with E-state index in [0.29, 0.717) is 5.25 Å². The first-order valence-corrected chi connectivity index (χ1v) is 5.07. The summed E-state index contributed by atoms with van der Waals surface area (Å²) in [4.78, 5) is 8.40. The van der Waals surface area contributed by atoms with E-state index in [-0.39, 0.29) is 0 Å². The van der Waals surface area contributed by atoms with Crippen LogP contribution in [0.25, 0.3) is 0 Å². The van der Waals surface area contributed by atoms with E-state index in [0.717, 1.165) is 18.8 Å². The molecule has 4 heteroatoms. The van der Waals surface area contributed by atoms with Crippen molar-refractivity contribution in [2.75, 3.05) is 18.8 Å². The molecule has 0 N–H and O–H groups in total. The molecule has 2 heterocycles. The first kappa shape index (κ1) is 6.73. The fraction of sp³-hybridized carbons (Fsp3) is 0.667. The number of aliphatic imine (C=N–C) groups is 2. The van der Waals surface area contributed by atoms with E-state index < -0.39 is 0 Å². The average Bonchev–Trinajstić information content (AvgIpc) is 2.59. The minimum Gasteiger partial charge on any atom is -0.281 e. The van der Waals surface area contributed by atoms with Crippen LogP contribution in [0, 0.1) is 0 Å². The Bertz CT molecular complexity index is 180. The minimum absolute atomic E-state index is 0.507. The second-order valence-corrected chi connectivity index (χ2v) is 4.21. The summed E-state index contributed by atoms with van der Waals surface area (Å²) in [6.07, 6.45) is 0. The van der Waals surface area contributed by atoms with Gasteiger partial charge in [0.25, 0.3) is 0 Å². The minimum atomic E-state index is 0.507. The first-order valence-electron chi connectivity index (χ1n) is 3.21. The van der Waals surface area contributed by atoms with E-state index in [9.17, 15) is 0 Å². The molecular weight excluding hydrogens is 164 g/mol. The molecule has 0 spiro atoms. The highest BCUT2D eigenvalue weighted by Gasteiger charge is 2.21. The molecule has 1 atom stereocenters. The molecule has 0 aliphatic carbocycles. The van der Waals surface area contributed by atoms with Crippen LogP contribution in [-0.2, 0) is 0 Å². The van der Waals surface area contributed by atoms with Crippen molar-refractivity contribution >= 4 is 34.1 Å². The van der Waals surface area contributed by atoms with Gasteiger partial charge in [0.15, 0.2) is 0 Å². The molecule has 0 aromatic heterocycles. The molecule has 2 nitrogen and oxygen atoms in total. The molecule has 2 aliphatic rings. The smallest absolute Gasteiger partial charge is 0.123 e. The van der Waals surface area contributed by atoms with Gasteiger partial charge in [-0.05, 0) is 0 Å². The molecule has 0 bridgehead atoms. The van der Waals surface area contributed by atoms with Crippen molar-refractivity contribution in [2.45, 2.75) is 5.25 Å². The van der Waals surface area contributed by atoms with Crippen LogP contribution in [0.4, 0.5) is 0 Å². The summed E-state index contributed by atoms with van der Waals surface area (Å²) in [6, 6.07) is 0. The third-order valence-corrected chi connectivity index (χ3v) is 3.54. The van der Waals surface area contributed by atoms with Crippen LogP contribution in [0.1, 0.15) is 0 Å². The Morgan fingerprint density at radius 2 is 2.60 bits per heavy atom. The summed E-state index contributed by atoms with van der Waals surface area (Å²) in [5.74, 6) is 1.16. The van der Waals surface area contributed by atoms with E-state index >= 15 is 0 Å². The second kappa shape index (κ2) is 2.96. The Kier molecular flexibility index (Phi) is 2.00. The summed E-state index contributed by atoms with van der Waals surface area (Å²) in [5.41, 5.74) is 2.90. The number of nitrogens with zero attached hydrogens (tertiary/aromatic N) is 2. The average molecular weight is 171 g/mol. The normalized spacial score (nSPS) is 31.2. The summed E-state index contributed by atoms with van der Waals surface area (Å²) < 4.78 is 0. The number of thioether (sulfide) groups is 2. The molecule has 0 fully saturated rings. The van der Waals surface area contributed by atoms with Gasteiger partial charge in [0, 0.05) is 12.3 Å². The second-order valence-electron chi connectivity index (χ2n) is 2.11. The number of hydrogen-bond donors (Lipinski definition) is 0. The van der Waals surface area contributed by atoms with Gasteiger partial charge < -0.3 is 0 Å². The fourth-order valence-electron chi connectivity index (χ4n) is 0.933. The van der Waals surface area contributed by atoms with Gasteiger partial charge in [-0.3, -0.25) is 9.98 Å². The van der Waals surface area contributed by atoms with Crippen LogP contribution < -0.4 is 0 Å². The molecular formula is C6H7N2S2. The standard InChI is InChI=1S/C6H7N2S2/c1-2-9-6(8-1)5-3-7-4-10-5/h5H,1-3H2. The molecule has 0 amide bonds. The Labute approximate surface area is 68.6 Å². The molecule has 10 heavy (non-hydrogen) atoms.